The van der Waals surface area contributed by atoms with Crippen LogP contribution in [0, 0.1) is 6.92 Å². The number of carbonyl (C=O) groups is 2. The number of carbonyl (C=O) groups excluding carboxylic acids is 2. The molecule has 2 aromatic rings. The lowest BCUT2D eigenvalue weighted by molar-refractivity contribution is -0.131. The Kier molecular flexibility index (Phi) is 6.69. The van der Waals surface area contributed by atoms with Crippen molar-refractivity contribution in [1.29, 1.82) is 0 Å². The fourth-order valence-corrected chi connectivity index (χ4v) is 3.03. The second-order valence-corrected chi connectivity index (χ2v) is 6.67. The minimum atomic E-state index is -0.320. The molecule has 2 rings (SSSR count). The first-order chi connectivity index (χ1) is 11.4. The molecule has 6 nitrogen and oxygen atoms in total. The van der Waals surface area contributed by atoms with Gasteiger partial charge in [0.25, 0.3) is 0 Å². The van der Waals surface area contributed by atoms with Crippen molar-refractivity contribution in [3.63, 3.8) is 0 Å². The van der Waals surface area contributed by atoms with Crippen LogP contribution >= 0.6 is 23.4 Å². The monoisotopic (exact) mass is 367 g/mol. The number of rotatable bonds is 7. The molecule has 24 heavy (non-hydrogen) atoms. The third-order valence-electron chi connectivity index (χ3n) is 3.09. The summed E-state index contributed by atoms with van der Waals surface area (Å²) in [6.07, 6.45) is 0. The number of nitrogens with one attached hydrogen (secondary N) is 1. The fourth-order valence-electron chi connectivity index (χ4n) is 1.90. The Bertz CT molecular complexity index is 720. The average Bonchev–Trinajstić information content (AvgIpc) is 2.92. The molecular weight excluding hydrogens is 350 g/mol. The fraction of sp³-hybridized carbons (Fsp3) is 0.312. The van der Waals surface area contributed by atoms with Crippen LogP contribution < -0.4 is 5.32 Å². The lowest BCUT2D eigenvalue weighted by atomic mass is 10.2. The van der Waals surface area contributed by atoms with E-state index in [0.29, 0.717) is 28.1 Å². The first-order valence-electron chi connectivity index (χ1n) is 7.23. The van der Waals surface area contributed by atoms with Crippen LogP contribution in [0.5, 0.6) is 0 Å². The second kappa shape index (κ2) is 8.75. The highest BCUT2D eigenvalue weighted by molar-refractivity contribution is 7.99. The molecule has 1 heterocycles. The van der Waals surface area contributed by atoms with Crippen LogP contribution in [0.3, 0.4) is 0 Å². The van der Waals surface area contributed by atoms with Crippen molar-refractivity contribution in [3.05, 3.63) is 46.7 Å². The lowest BCUT2D eigenvalue weighted by Gasteiger charge is -2.16. The number of benzene rings is 1. The van der Waals surface area contributed by atoms with Gasteiger partial charge < -0.3 is 14.7 Å². The van der Waals surface area contributed by atoms with Gasteiger partial charge in [0.1, 0.15) is 5.76 Å². The van der Waals surface area contributed by atoms with Crippen molar-refractivity contribution in [1.82, 2.24) is 10.1 Å². The maximum absolute atomic E-state index is 12.1. The van der Waals surface area contributed by atoms with Crippen LogP contribution in [0.4, 0.5) is 5.82 Å². The van der Waals surface area contributed by atoms with E-state index in [1.807, 2.05) is 24.3 Å². The van der Waals surface area contributed by atoms with Crippen LogP contribution in [0.2, 0.25) is 5.02 Å². The zero-order chi connectivity index (χ0) is 17.5. The van der Waals surface area contributed by atoms with Crippen molar-refractivity contribution >= 4 is 41.0 Å². The Morgan fingerprint density at radius 3 is 2.83 bits per heavy atom. The number of thioether (sulfide) groups is 1. The minimum Gasteiger partial charge on any atom is -0.360 e. The van der Waals surface area contributed by atoms with Gasteiger partial charge in [0, 0.05) is 23.9 Å². The van der Waals surface area contributed by atoms with Gasteiger partial charge in [-0.25, -0.2) is 0 Å². The number of nitrogens with zero attached hydrogens (tertiary/aromatic N) is 2. The van der Waals surface area contributed by atoms with Crippen LogP contribution in [0.25, 0.3) is 0 Å². The molecule has 1 aromatic heterocycles. The van der Waals surface area contributed by atoms with Crippen LogP contribution in [0.15, 0.2) is 34.9 Å². The smallest absolute Gasteiger partial charge is 0.245 e. The van der Waals surface area contributed by atoms with Crippen molar-refractivity contribution in [2.24, 2.45) is 0 Å². The summed E-state index contributed by atoms with van der Waals surface area (Å²) in [7, 11) is 1.59. The van der Waals surface area contributed by atoms with Crippen LogP contribution in [0.1, 0.15) is 11.3 Å². The van der Waals surface area contributed by atoms with E-state index in [1.54, 1.807) is 20.0 Å². The Balaban J connectivity index is 1.72. The largest absolute Gasteiger partial charge is 0.360 e. The van der Waals surface area contributed by atoms with Gasteiger partial charge in [-0.15, -0.1) is 11.8 Å². The van der Waals surface area contributed by atoms with E-state index in [4.69, 9.17) is 16.1 Å². The third kappa shape index (κ3) is 5.90. The molecule has 2 amide bonds. The summed E-state index contributed by atoms with van der Waals surface area (Å²) in [6, 6.07) is 9.13. The summed E-state index contributed by atoms with van der Waals surface area (Å²) in [6.45, 7) is 1.69. The quantitative estimate of drug-likeness (QED) is 0.814. The number of halogens is 1. The van der Waals surface area contributed by atoms with Gasteiger partial charge in [-0.2, -0.15) is 0 Å². The second-order valence-electron chi connectivity index (χ2n) is 5.24. The van der Waals surface area contributed by atoms with Crippen LogP contribution in [-0.4, -0.2) is 41.2 Å². The molecule has 0 bridgehead atoms. The number of hydrogen-bond donors (Lipinski definition) is 1. The molecule has 0 aliphatic heterocycles. The van der Waals surface area contributed by atoms with Gasteiger partial charge in [0.2, 0.25) is 11.8 Å². The molecule has 1 aromatic carbocycles. The van der Waals surface area contributed by atoms with E-state index in [-0.39, 0.29) is 18.4 Å². The van der Waals surface area contributed by atoms with Crippen LogP contribution in [-0.2, 0) is 15.3 Å². The summed E-state index contributed by atoms with van der Waals surface area (Å²) in [5.74, 6) is 1.48. The van der Waals surface area contributed by atoms with E-state index >= 15 is 0 Å². The summed E-state index contributed by atoms with van der Waals surface area (Å²) in [4.78, 5) is 25.3. The van der Waals surface area contributed by atoms with Gasteiger partial charge in [-0.3, -0.25) is 9.59 Å². The highest BCUT2D eigenvalue weighted by atomic mass is 35.5. The maximum Gasteiger partial charge on any atom is 0.245 e. The van der Waals surface area contributed by atoms with E-state index in [0.717, 1.165) is 5.56 Å². The van der Waals surface area contributed by atoms with E-state index < -0.39 is 0 Å². The van der Waals surface area contributed by atoms with E-state index in [2.05, 4.69) is 10.5 Å². The predicted molar refractivity (Wildman–Crippen MR) is 95.1 cm³/mol. The zero-order valence-corrected chi connectivity index (χ0v) is 15.0. The molecule has 0 aliphatic carbocycles. The topological polar surface area (TPSA) is 75.4 Å². The number of hydrogen-bond acceptors (Lipinski definition) is 5. The van der Waals surface area contributed by atoms with Gasteiger partial charge >= 0.3 is 0 Å². The van der Waals surface area contributed by atoms with Gasteiger partial charge in [-0.05, 0) is 24.6 Å². The molecule has 0 radical (unpaired) electrons. The number of aromatic nitrogens is 1. The minimum absolute atomic E-state index is 0.0392. The summed E-state index contributed by atoms with van der Waals surface area (Å²) < 4.78 is 4.86. The SMILES string of the molecule is Cc1cc(NC(=O)CN(C)C(=O)CSCc2cccc(Cl)c2)no1. The predicted octanol–water partition coefficient (Wildman–Crippen LogP) is 2.97. The number of amides is 2. The Hall–Kier alpha value is -1.99. The highest BCUT2D eigenvalue weighted by Crippen LogP contribution is 2.16. The van der Waals surface area contributed by atoms with Crippen molar-refractivity contribution in [2.75, 3.05) is 24.7 Å². The number of likely N-dealkylation sites (N-methyl/N-ethyl adjacent to an activating group) is 1. The van der Waals surface area contributed by atoms with Gasteiger partial charge in [0.15, 0.2) is 5.82 Å². The molecular formula is C16H18ClN3O3S. The Morgan fingerprint density at radius 1 is 1.38 bits per heavy atom. The van der Waals surface area contributed by atoms with E-state index in [9.17, 15) is 9.59 Å². The standard InChI is InChI=1S/C16H18ClN3O3S/c1-11-6-14(19-23-11)18-15(21)8-20(2)16(22)10-24-9-12-4-3-5-13(17)7-12/h3-7H,8-10H2,1-2H3,(H,18,19,21). The van der Waals surface area contributed by atoms with Crippen molar-refractivity contribution in [2.45, 2.75) is 12.7 Å². The highest BCUT2D eigenvalue weighted by Gasteiger charge is 2.14. The molecule has 0 spiro atoms. The Labute approximate surface area is 149 Å². The summed E-state index contributed by atoms with van der Waals surface area (Å²) in [5.41, 5.74) is 1.06. The molecule has 0 saturated heterocycles. The summed E-state index contributed by atoms with van der Waals surface area (Å²) in [5, 5.41) is 6.93. The van der Waals surface area contributed by atoms with Crippen molar-refractivity contribution in [3.8, 4) is 0 Å². The molecule has 1 N–H and O–H groups in total. The van der Waals surface area contributed by atoms with Gasteiger partial charge in [-0.1, -0.05) is 28.9 Å². The third-order valence-corrected chi connectivity index (χ3v) is 4.31. The zero-order valence-electron chi connectivity index (χ0n) is 13.4. The maximum atomic E-state index is 12.1. The van der Waals surface area contributed by atoms with E-state index in [1.165, 1.54) is 16.7 Å². The normalized spacial score (nSPS) is 10.5. The molecule has 0 fully saturated rings. The molecule has 0 unspecified atom stereocenters. The lowest BCUT2D eigenvalue weighted by Crippen LogP contribution is -2.36. The van der Waals surface area contributed by atoms with Crippen molar-refractivity contribution < 1.29 is 14.1 Å². The molecule has 0 aliphatic rings. The average molecular weight is 368 g/mol. The summed E-state index contributed by atoms with van der Waals surface area (Å²) >= 11 is 7.40. The molecule has 128 valence electrons. The van der Waals surface area contributed by atoms with Gasteiger partial charge in [0.05, 0.1) is 12.3 Å². The molecule has 0 atom stereocenters. The Morgan fingerprint density at radius 2 is 2.17 bits per heavy atom. The number of anilines is 1. The first-order valence-corrected chi connectivity index (χ1v) is 8.76. The number of aryl methyl sites for hydroxylation is 1. The first kappa shape index (κ1) is 18.4. The molecule has 0 saturated carbocycles. The molecule has 8 heteroatoms.